The van der Waals surface area contributed by atoms with Crippen LogP contribution in [0.1, 0.15) is 43.0 Å². The molecule has 2 unspecified atom stereocenters. The fourth-order valence-electron chi connectivity index (χ4n) is 2.81. The fraction of sp³-hybridized carbons (Fsp3) is 0.562. The van der Waals surface area contributed by atoms with E-state index in [-0.39, 0.29) is 16.8 Å². The minimum absolute atomic E-state index is 0.0874. The molecule has 0 bridgehead atoms. The Morgan fingerprint density at radius 3 is 2.39 bits per heavy atom. The van der Waals surface area contributed by atoms with Crippen LogP contribution in [0.5, 0.6) is 0 Å². The average molecular weight is 340 g/mol. The molecule has 2 atom stereocenters. The summed E-state index contributed by atoms with van der Waals surface area (Å²) in [5.74, 6) is 0.315. The molecule has 0 spiro atoms. The molecule has 128 valence electrons. The van der Waals surface area contributed by atoms with Crippen LogP contribution in [0.15, 0.2) is 29.2 Å². The summed E-state index contributed by atoms with van der Waals surface area (Å²) >= 11 is 0. The van der Waals surface area contributed by atoms with Crippen molar-refractivity contribution in [3.8, 4) is 0 Å². The predicted octanol–water partition coefficient (Wildman–Crippen LogP) is 2.18. The molecule has 6 nitrogen and oxygen atoms in total. The maximum absolute atomic E-state index is 12.3. The van der Waals surface area contributed by atoms with Crippen LogP contribution in [0, 0.1) is 5.92 Å². The van der Waals surface area contributed by atoms with Gasteiger partial charge >= 0.3 is 0 Å². The van der Waals surface area contributed by atoms with Gasteiger partial charge in [-0.05, 0) is 43.0 Å². The lowest BCUT2D eigenvalue weighted by Gasteiger charge is -2.29. The van der Waals surface area contributed by atoms with Crippen LogP contribution in [-0.4, -0.2) is 39.0 Å². The number of sulfonamides is 1. The van der Waals surface area contributed by atoms with Gasteiger partial charge in [0.05, 0.1) is 12.0 Å². The number of amides is 1. The SMILES string of the molecule is CON(C)S(=O)(=O)c1ccc(C(=O)NC2CCCCC2C)cc1. The molecule has 0 heterocycles. The monoisotopic (exact) mass is 340 g/mol. The van der Waals surface area contributed by atoms with Crippen LogP contribution in [0.2, 0.25) is 0 Å². The summed E-state index contributed by atoms with van der Waals surface area (Å²) in [6.45, 7) is 2.15. The van der Waals surface area contributed by atoms with E-state index in [1.165, 1.54) is 44.8 Å². The second-order valence-electron chi connectivity index (χ2n) is 5.96. The third-order valence-electron chi connectivity index (χ3n) is 4.44. The number of hydroxylamine groups is 1. The Kier molecular flexibility index (Phi) is 5.78. The van der Waals surface area contributed by atoms with Gasteiger partial charge in [-0.15, -0.1) is 0 Å². The van der Waals surface area contributed by atoms with Crippen molar-refractivity contribution >= 4 is 15.9 Å². The smallest absolute Gasteiger partial charge is 0.264 e. The molecule has 1 aromatic rings. The number of carbonyl (C=O) groups excluding carboxylic acids is 1. The van der Waals surface area contributed by atoms with Crippen LogP contribution in [0.3, 0.4) is 0 Å². The summed E-state index contributed by atoms with van der Waals surface area (Å²) in [7, 11) is -1.09. The highest BCUT2D eigenvalue weighted by molar-refractivity contribution is 7.89. The maximum atomic E-state index is 12.3. The quantitative estimate of drug-likeness (QED) is 0.834. The number of hydrogen-bond donors (Lipinski definition) is 1. The molecule has 1 aliphatic carbocycles. The molecule has 0 radical (unpaired) electrons. The molecule has 1 fully saturated rings. The lowest BCUT2D eigenvalue weighted by atomic mass is 9.86. The highest BCUT2D eigenvalue weighted by atomic mass is 32.2. The van der Waals surface area contributed by atoms with Crippen LogP contribution < -0.4 is 5.32 Å². The molecule has 1 amide bonds. The maximum Gasteiger partial charge on any atom is 0.264 e. The van der Waals surface area contributed by atoms with E-state index in [4.69, 9.17) is 4.84 Å². The Balaban J connectivity index is 2.08. The second kappa shape index (κ2) is 7.42. The molecule has 23 heavy (non-hydrogen) atoms. The van der Waals surface area contributed by atoms with Crippen molar-refractivity contribution in [1.82, 2.24) is 9.79 Å². The number of hydrogen-bond acceptors (Lipinski definition) is 4. The Morgan fingerprint density at radius 1 is 1.22 bits per heavy atom. The van der Waals surface area contributed by atoms with Gasteiger partial charge in [-0.1, -0.05) is 24.2 Å². The zero-order chi connectivity index (χ0) is 17.0. The van der Waals surface area contributed by atoms with E-state index in [1.807, 2.05) is 0 Å². The lowest BCUT2D eigenvalue weighted by molar-refractivity contribution is -0.0258. The van der Waals surface area contributed by atoms with Gasteiger partial charge < -0.3 is 5.32 Å². The van der Waals surface area contributed by atoms with Gasteiger partial charge in [-0.25, -0.2) is 8.42 Å². The van der Waals surface area contributed by atoms with Crippen molar-refractivity contribution in [2.24, 2.45) is 5.92 Å². The number of nitrogens with zero attached hydrogens (tertiary/aromatic N) is 1. The Bertz CT molecular complexity index is 643. The van der Waals surface area contributed by atoms with Crippen molar-refractivity contribution in [1.29, 1.82) is 0 Å². The Labute approximate surface area is 137 Å². The third-order valence-corrected chi connectivity index (χ3v) is 6.13. The molecule has 1 saturated carbocycles. The topological polar surface area (TPSA) is 75.7 Å². The first-order valence-corrected chi connectivity index (χ1v) is 9.24. The van der Waals surface area contributed by atoms with Gasteiger partial charge in [0.1, 0.15) is 0 Å². The molecule has 7 heteroatoms. The van der Waals surface area contributed by atoms with Gasteiger partial charge in [0.2, 0.25) is 0 Å². The van der Waals surface area contributed by atoms with E-state index >= 15 is 0 Å². The summed E-state index contributed by atoms with van der Waals surface area (Å²) in [4.78, 5) is 17.1. The van der Waals surface area contributed by atoms with Crippen molar-refractivity contribution in [3.63, 3.8) is 0 Å². The number of carbonyl (C=O) groups is 1. The summed E-state index contributed by atoms with van der Waals surface area (Å²) in [6, 6.07) is 6.09. The first kappa shape index (κ1) is 17.9. The van der Waals surface area contributed by atoms with Gasteiger partial charge in [-0.2, -0.15) is 0 Å². The van der Waals surface area contributed by atoms with Crippen molar-refractivity contribution in [3.05, 3.63) is 29.8 Å². The molecule has 1 aliphatic rings. The molecule has 2 rings (SSSR count). The van der Waals surface area contributed by atoms with Crippen molar-refractivity contribution in [2.45, 2.75) is 43.5 Å². The molecular formula is C16H24N2O4S. The number of benzene rings is 1. The van der Waals surface area contributed by atoms with E-state index in [9.17, 15) is 13.2 Å². The van der Waals surface area contributed by atoms with E-state index < -0.39 is 10.0 Å². The summed E-state index contributed by atoms with van der Waals surface area (Å²) in [5, 5.41) is 3.05. The van der Waals surface area contributed by atoms with Crippen LogP contribution in [-0.2, 0) is 14.9 Å². The van der Waals surface area contributed by atoms with Crippen molar-refractivity contribution < 1.29 is 18.0 Å². The minimum Gasteiger partial charge on any atom is -0.349 e. The molecule has 0 aliphatic heterocycles. The van der Waals surface area contributed by atoms with Crippen molar-refractivity contribution in [2.75, 3.05) is 14.2 Å². The first-order chi connectivity index (χ1) is 10.9. The van der Waals surface area contributed by atoms with Gasteiger partial charge in [0.15, 0.2) is 0 Å². The normalized spacial score (nSPS) is 22.1. The van der Waals surface area contributed by atoms with E-state index in [0.29, 0.717) is 11.5 Å². The lowest BCUT2D eigenvalue weighted by Crippen LogP contribution is -2.41. The summed E-state index contributed by atoms with van der Waals surface area (Å²) < 4.78 is 25.0. The Hall–Kier alpha value is -1.44. The molecule has 0 aromatic heterocycles. The van der Waals surface area contributed by atoms with Gasteiger partial charge in [0.25, 0.3) is 15.9 Å². The average Bonchev–Trinajstić information content (AvgIpc) is 2.56. The molecule has 1 N–H and O–H groups in total. The first-order valence-electron chi connectivity index (χ1n) is 7.80. The predicted molar refractivity (Wildman–Crippen MR) is 87.3 cm³/mol. The van der Waals surface area contributed by atoms with Crippen LogP contribution in [0.4, 0.5) is 0 Å². The largest absolute Gasteiger partial charge is 0.349 e. The van der Waals surface area contributed by atoms with E-state index in [0.717, 1.165) is 23.7 Å². The van der Waals surface area contributed by atoms with Gasteiger partial charge in [0, 0.05) is 18.7 Å². The zero-order valence-corrected chi connectivity index (χ0v) is 14.6. The standard InChI is InChI=1S/C16H24N2O4S/c1-12-6-4-5-7-15(12)17-16(19)13-8-10-14(11-9-13)23(20,21)18(2)22-3/h8-12,15H,4-7H2,1-3H3,(H,17,19). The zero-order valence-electron chi connectivity index (χ0n) is 13.8. The summed E-state index contributed by atoms with van der Waals surface area (Å²) in [5.41, 5.74) is 0.460. The molecule has 1 aromatic carbocycles. The third kappa shape index (κ3) is 4.10. The van der Waals surface area contributed by atoms with Crippen LogP contribution in [0.25, 0.3) is 0 Å². The summed E-state index contributed by atoms with van der Waals surface area (Å²) in [6.07, 6.45) is 4.48. The van der Waals surface area contributed by atoms with Gasteiger partial charge in [-0.3, -0.25) is 9.63 Å². The Morgan fingerprint density at radius 2 is 1.83 bits per heavy atom. The number of rotatable bonds is 5. The highest BCUT2D eigenvalue weighted by Crippen LogP contribution is 2.24. The fourth-order valence-corrected chi connectivity index (χ4v) is 3.78. The van der Waals surface area contributed by atoms with E-state index in [2.05, 4.69) is 12.2 Å². The molecular weight excluding hydrogens is 316 g/mol. The van der Waals surface area contributed by atoms with E-state index in [1.54, 1.807) is 0 Å². The highest BCUT2D eigenvalue weighted by Gasteiger charge is 2.24. The minimum atomic E-state index is -3.69. The molecule has 0 saturated heterocycles. The second-order valence-corrected chi connectivity index (χ2v) is 7.90. The number of nitrogens with one attached hydrogen (secondary N) is 1. The van der Waals surface area contributed by atoms with Crippen LogP contribution >= 0.6 is 0 Å².